The Bertz CT molecular complexity index is 522. The molecule has 2 rings (SSSR count). The van der Waals surface area contributed by atoms with E-state index in [9.17, 15) is 9.90 Å². The zero-order chi connectivity index (χ0) is 13.2. The lowest BCUT2D eigenvalue weighted by Crippen LogP contribution is -2.38. The summed E-state index contributed by atoms with van der Waals surface area (Å²) < 4.78 is 1.87. The van der Waals surface area contributed by atoms with Crippen molar-refractivity contribution < 1.29 is 9.90 Å². The van der Waals surface area contributed by atoms with E-state index < -0.39 is 5.60 Å². The minimum atomic E-state index is -0.894. The normalized spacial score (nSPS) is 11.7. The average Bonchev–Trinajstić information content (AvgIpc) is 2.67. The topological polar surface area (TPSA) is 66.6 Å². The summed E-state index contributed by atoms with van der Waals surface area (Å²) in [5, 5.41) is 12.2. The Morgan fingerprint density at radius 1 is 1.50 bits per heavy atom. The van der Waals surface area contributed by atoms with E-state index in [1.807, 2.05) is 35.0 Å². The van der Waals surface area contributed by atoms with E-state index >= 15 is 0 Å². The van der Waals surface area contributed by atoms with Crippen molar-refractivity contribution in [3.63, 3.8) is 0 Å². The first kappa shape index (κ1) is 12.6. The Balaban J connectivity index is 1.99. The SMILES string of the molecule is CC(C)(O)CNC(=O)Cc1cn2ccccc2n1. The number of amides is 1. The van der Waals surface area contributed by atoms with Gasteiger partial charge in [-0.15, -0.1) is 0 Å². The first-order chi connectivity index (χ1) is 8.44. The van der Waals surface area contributed by atoms with E-state index in [1.165, 1.54) is 0 Å². The number of imidazole rings is 1. The van der Waals surface area contributed by atoms with Gasteiger partial charge in [0.15, 0.2) is 0 Å². The maximum absolute atomic E-state index is 11.7. The number of carbonyl (C=O) groups is 1. The number of hydrogen-bond acceptors (Lipinski definition) is 3. The number of fused-ring (bicyclic) bond motifs is 1. The quantitative estimate of drug-likeness (QED) is 0.838. The van der Waals surface area contributed by atoms with Crippen LogP contribution in [0.5, 0.6) is 0 Å². The first-order valence-electron chi connectivity index (χ1n) is 5.86. The lowest BCUT2D eigenvalue weighted by atomic mass is 10.1. The highest BCUT2D eigenvalue weighted by Crippen LogP contribution is 2.05. The Morgan fingerprint density at radius 3 is 2.94 bits per heavy atom. The average molecular weight is 247 g/mol. The van der Waals surface area contributed by atoms with Crippen LogP contribution < -0.4 is 5.32 Å². The molecule has 0 saturated carbocycles. The van der Waals surface area contributed by atoms with Crippen LogP contribution >= 0.6 is 0 Å². The molecule has 2 N–H and O–H groups in total. The van der Waals surface area contributed by atoms with Gasteiger partial charge in [-0.1, -0.05) is 6.07 Å². The Morgan fingerprint density at radius 2 is 2.28 bits per heavy atom. The van der Waals surface area contributed by atoms with Crippen LogP contribution in [-0.4, -0.2) is 32.5 Å². The number of nitrogens with zero attached hydrogens (tertiary/aromatic N) is 2. The number of hydrogen-bond donors (Lipinski definition) is 2. The maximum Gasteiger partial charge on any atom is 0.226 e. The van der Waals surface area contributed by atoms with Gasteiger partial charge in [-0.2, -0.15) is 0 Å². The van der Waals surface area contributed by atoms with Crippen molar-refractivity contribution >= 4 is 11.6 Å². The summed E-state index contributed by atoms with van der Waals surface area (Å²) in [7, 11) is 0. The third-order valence-corrected chi connectivity index (χ3v) is 2.47. The standard InChI is InChI=1S/C13H17N3O2/c1-13(2,18)9-14-12(17)7-10-8-16-6-4-3-5-11(16)15-10/h3-6,8,18H,7,9H2,1-2H3,(H,14,17). The fourth-order valence-corrected chi connectivity index (χ4v) is 1.61. The van der Waals surface area contributed by atoms with Crippen LogP contribution in [0, 0.1) is 0 Å². The Labute approximate surface area is 105 Å². The first-order valence-corrected chi connectivity index (χ1v) is 5.86. The van der Waals surface area contributed by atoms with Gasteiger partial charge in [0.1, 0.15) is 5.65 Å². The van der Waals surface area contributed by atoms with Crippen molar-refractivity contribution in [3.05, 3.63) is 36.3 Å². The van der Waals surface area contributed by atoms with Crippen LogP contribution in [0.3, 0.4) is 0 Å². The number of rotatable bonds is 4. The molecule has 0 aromatic carbocycles. The molecule has 18 heavy (non-hydrogen) atoms. The molecule has 2 heterocycles. The van der Waals surface area contributed by atoms with Crippen LogP contribution in [0.1, 0.15) is 19.5 Å². The van der Waals surface area contributed by atoms with Crippen LogP contribution in [-0.2, 0) is 11.2 Å². The summed E-state index contributed by atoms with van der Waals surface area (Å²) in [5.41, 5.74) is 0.645. The van der Waals surface area contributed by atoms with Gasteiger partial charge in [-0.25, -0.2) is 4.98 Å². The summed E-state index contributed by atoms with van der Waals surface area (Å²) in [6.45, 7) is 3.54. The molecule has 5 heteroatoms. The molecule has 0 unspecified atom stereocenters. The third kappa shape index (κ3) is 3.30. The van der Waals surface area contributed by atoms with Crippen LogP contribution in [0.2, 0.25) is 0 Å². The van der Waals surface area contributed by atoms with E-state index in [4.69, 9.17) is 0 Å². The number of carbonyl (C=O) groups excluding carboxylic acids is 1. The largest absolute Gasteiger partial charge is 0.389 e. The highest BCUT2D eigenvalue weighted by atomic mass is 16.3. The highest BCUT2D eigenvalue weighted by molar-refractivity contribution is 5.78. The summed E-state index contributed by atoms with van der Waals surface area (Å²) in [6.07, 6.45) is 3.94. The number of aromatic nitrogens is 2. The van der Waals surface area contributed by atoms with Crippen molar-refractivity contribution in [2.75, 3.05) is 6.54 Å². The monoisotopic (exact) mass is 247 g/mol. The summed E-state index contributed by atoms with van der Waals surface area (Å²) in [5.74, 6) is -0.138. The lowest BCUT2D eigenvalue weighted by molar-refractivity contribution is -0.121. The van der Waals surface area contributed by atoms with Gasteiger partial charge in [0.25, 0.3) is 0 Å². The van der Waals surface area contributed by atoms with Gasteiger partial charge < -0.3 is 14.8 Å². The molecule has 0 radical (unpaired) electrons. The predicted octanol–water partition coefficient (Wildman–Crippen LogP) is 0.764. The smallest absolute Gasteiger partial charge is 0.226 e. The molecular weight excluding hydrogens is 230 g/mol. The molecule has 0 aliphatic carbocycles. The summed E-state index contributed by atoms with van der Waals surface area (Å²) >= 11 is 0. The van der Waals surface area contributed by atoms with Crippen molar-refractivity contribution in [2.45, 2.75) is 25.9 Å². The summed E-state index contributed by atoms with van der Waals surface area (Å²) in [6, 6.07) is 5.70. The van der Waals surface area contributed by atoms with E-state index in [0.717, 1.165) is 11.3 Å². The van der Waals surface area contributed by atoms with Crippen molar-refractivity contribution in [3.8, 4) is 0 Å². The second-order valence-electron chi connectivity index (χ2n) is 4.96. The second-order valence-corrected chi connectivity index (χ2v) is 4.96. The molecule has 5 nitrogen and oxygen atoms in total. The molecule has 1 amide bonds. The number of nitrogens with one attached hydrogen (secondary N) is 1. The molecular formula is C13H17N3O2. The minimum absolute atomic E-state index is 0.138. The molecule has 2 aromatic rings. The zero-order valence-electron chi connectivity index (χ0n) is 10.6. The zero-order valence-corrected chi connectivity index (χ0v) is 10.6. The summed E-state index contributed by atoms with van der Waals surface area (Å²) in [4.78, 5) is 16.0. The van der Waals surface area contributed by atoms with E-state index in [-0.39, 0.29) is 18.9 Å². The second kappa shape index (κ2) is 4.78. The predicted molar refractivity (Wildman–Crippen MR) is 68.2 cm³/mol. The molecule has 0 spiro atoms. The fraction of sp³-hybridized carbons (Fsp3) is 0.385. The van der Waals surface area contributed by atoms with Crippen molar-refractivity contribution in [1.82, 2.24) is 14.7 Å². The Hall–Kier alpha value is -1.88. The lowest BCUT2D eigenvalue weighted by Gasteiger charge is -2.17. The number of pyridine rings is 1. The third-order valence-electron chi connectivity index (χ3n) is 2.47. The van der Waals surface area contributed by atoms with Crippen LogP contribution in [0.15, 0.2) is 30.6 Å². The molecule has 0 saturated heterocycles. The highest BCUT2D eigenvalue weighted by Gasteiger charge is 2.14. The van der Waals surface area contributed by atoms with Crippen LogP contribution in [0.25, 0.3) is 5.65 Å². The van der Waals surface area contributed by atoms with Gasteiger partial charge in [0.05, 0.1) is 17.7 Å². The van der Waals surface area contributed by atoms with Gasteiger partial charge in [0.2, 0.25) is 5.91 Å². The molecule has 0 aliphatic rings. The van der Waals surface area contributed by atoms with Gasteiger partial charge >= 0.3 is 0 Å². The van der Waals surface area contributed by atoms with E-state index in [1.54, 1.807) is 13.8 Å². The molecule has 0 aliphatic heterocycles. The molecule has 96 valence electrons. The molecule has 0 bridgehead atoms. The van der Waals surface area contributed by atoms with Crippen molar-refractivity contribution in [1.29, 1.82) is 0 Å². The van der Waals surface area contributed by atoms with Gasteiger partial charge in [-0.3, -0.25) is 4.79 Å². The Kier molecular flexibility index (Phi) is 3.34. The molecule has 0 fully saturated rings. The maximum atomic E-state index is 11.7. The van der Waals surface area contributed by atoms with Crippen LogP contribution in [0.4, 0.5) is 0 Å². The molecule has 2 aromatic heterocycles. The fourth-order valence-electron chi connectivity index (χ4n) is 1.61. The van der Waals surface area contributed by atoms with Gasteiger partial charge in [0, 0.05) is 18.9 Å². The van der Waals surface area contributed by atoms with Crippen molar-refractivity contribution in [2.24, 2.45) is 0 Å². The molecule has 0 atom stereocenters. The minimum Gasteiger partial charge on any atom is -0.389 e. The van der Waals surface area contributed by atoms with E-state index in [2.05, 4.69) is 10.3 Å². The van der Waals surface area contributed by atoms with Gasteiger partial charge in [-0.05, 0) is 26.0 Å². The van der Waals surface area contributed by atoms with E-state index in [0.29, 0.717) is 0 Å². The number of aliphatic hydroxyl groups is 1.